The van der Waals surface area contributed by atoms with Crippen LogP contribution in [-0.4, -0.2) is 27.1 Å². The topological polar surface area (TPSA) is 66.5 Å². The van der Waals surface area contributed by atoms with Crippen LogP contribution in [0.5, 0.6) is 0 Å². The molecular formula is C22H21FN2O3S2. The van der Waals surface area contributed by atoms with Crippen LogP contribution in [0.2, 0.25) is 0 Å². The van der Waals surface area contributed by atoms with Gasteiger partial charge in [0.25, 0.3) is 0 Å². The highest BCUT2D eigenvalue weighted by molar-refractivity contribution is 7.98. The molecule has 1 N–H and O–H groups in total. The van der Waals surface area contributed by atoms with Crippen molar-refractivity contribution < 1.29 is 17.6 Å². The third-order valence-corrected chi connectivity index (χ3v) is 6.39. The normalized spacial score (nSPS) is 11.1. The summed E-state index contributed by atoms with van der Waals surface area (Å²) in [5.41, 5.74) is 1.75. The highest BCUT2D eigenvalue weighted by Crippen LogP contribution is 2.23. The molecule has 3 aromatic carbocycles. The van der Waals surface area contributed by atoms with Gasteiger partial charge in [0.2, 0.25) is 15.9 Å². The number of hydrogen-bond donors (Lipinski definition) is 1. The zero-order valence-electron chi connectivity index (χ0n) is 16.3. The number of benzene rings is 3. The van der Waals surface area contributed by atoms with E-state index in [1.807, 2.05) is 42.5 Å². The molecule has 0 unspecified atom stereocenters. The molecule has 0 saturated carbocycles. The van der Waals surface area contributed by atoms with E-state index in [-0.39, 0.29) is 5.69 Å². The lowest BCUT2D eigenvalue weighted by Crippen LogP contribution is -2.37. The second kappa shape index (κ2) is 9.77. The minimum absolute atomic E-state index is 0.0981. The molecule has 1 amide bonds. The Morgan fingerprint density at radius 3 is 2.33 bits per heavy atom. The molecule has 0 aliphatic heterocycles. The summed E-state index contributed by atoms with van der Waals surface area (Å²) < 4.78 is 38.5. The molecule has 0 radical (unpaired) electrons. The number of amides is 1. The average molecular weight is 445 g/mol. The van der Waals surface area contributed by atoms with Crippen LogP contribution >= 0.6 is 11.8 Å². The van der Waals surface area contributed by atoms with Crippen molar-refractivity contribution in [1.82, 2.24) is 0 Å². The second-order valence-corrected chi connectivity index (χ2v) is 9.55. The summed E-state index contributed by atoms with van der Waals surface area (Å²) in [5, 5.41) is 2.68. The molecule has 156 valence electrons. The van der Waals surface area contributed by atoms with E-state index >= 15 is 0 Å². The van der Waals surface area contributed by atoms with E-state index in [1.54, 1.807) is 23.9 Å². The van der Waals surface area contributed by atoms with Gasteiger partial charge in [0, 0.05) is 16.3 Å². The predicted molar refractivity (Wildman–Crippen MR) is 120 cm³/mol. The van der Waals surface area contributed by atoms with Gasteiger partial charge in [-0.15, -0.1) is 11.8 Å². The molecule has 0 fully saturated rings. The lowest BCUT2D eigenvalue weighted by molar-refractivity contribution is -0.114. The molecule has 0 saturated heterocycles. The maximum atomic E-state index is 13.5. The van der Waals surface area contributed by atoms with Crippen molar-refractivity contribution >= 4 is 39.1 Å². The molecule has 30 heavy (non-hydrogen) atoms. The fraction of sp³-hybridized carbons (Fsp3) is 0.136. The lowest BCUT2D eigenvalue weighted by atomic mass is 10.2. The van der Waals surface area contributed by atoms with E-state index < -0.39 is 28.3 Å². The Balaban J connectivity index is 1.61. The Kier molecular flexibility index (Phi) is 7.12. The molecule has 0 aromatic heterocycles. The smallest absolute Gasteiger partial charge is 0.245 e. The Morgan fingerprint density at radius 1 is 1.00 bits per heavy atom. The molecule has 0 aliphatic carbocycles. The zero-order valence-corrected chi connectivity index (χ0v) is 17.9. The maximum absolute atomic E-state index is 13.5. The Morgan fingerprint density at radius 2 is 1.70 bits per heavy atom. The molecule has 3 rings (SSSR count). The minimum Gasteiger partial charge on any atom is -0.325 e. The van der Waals surface area contributed by atoms with Crippen molar-refractivity contribution in [3.05, 3.63) is 90.2 Å². The zero-order chi connectivity index (χ0) is 21.6. The summed E-state index contributed by atoms with van der Waals surface area (Å²) in [4.78, 5) is 13.6. The minimum atomic E-state index is -3.76. The van der Waals surface area contributed by atoms with Gasteiger partial charge in [-0.25, -0.2) is 12.8 Å². The van der Waals surface area contributed by atoms with E-state index in [0.29, 0.717) is 5.69 Å². The van der Waals surface area contributed by atoms with Crippen LogP contribution in [-0.2, 0) is 20.6 Å². The molecule has 0 aliphatic rings. The van der Waals surface area contributed by atoms with E-state index in [2.05, 4.69) is 5.32 Å². The monoisotopic (exact) mass is 444 g/mol. The van der Waals surface area contributed by atoms with Crippen molar-refractivity contribution in [3.8, 4) is 0 Å². The number of nitrogens with one attached hydrogen (secondary N) is 1. The first-order chi connectivity index (χ1) is 14.3. The summed E-state index contributed by atoms with van der Waals surface area (Å²) >= 11 is 1.71. The fourth-order valence-corrected chi connectivity index (χ4v) is 4.45. The first-order valence-corrected chi connectivity index (χ1v) is 11.9. The van der Waals surface area contributed by atoms with Gasteiger partial charge in [0.15, 0.2) is 0 Å². The van der Waals surface area contributed by atoms with Gasteiger partial charge in [0.1, 0.15) is 12.4 Å². The van der Waals surface area contributed by atoms with E-state index in [1.165, 1.54) is 23.1 Å². The summed E-state index contributed by atoms with van der Waals surface area (Å²) in [6, 6.07) is 22.5. The molecule has 0 heterocycles. The van der Waals surface area contributed by atoms with Gasteiger partial charge < -0.3 is 5.32 Å². The number of hydrogen-bond acceptors (Lipinski definition) is 4. The maximum Gasteiger partial charge on any atom is 0.245 e. The van der Waals surface area contributed by atoms with E-state index in [4.69, 9.17) is 0 Å². The molecular weight excluding hydrogens is 423 g/mol. The van der Waals surface area contributed by atoms with E-state index in [9.17, 15) is 17.6 Å². The number of thioether (sulfide) groups is 1. The van der Waals surface area contributed by atoms with Crippen LogP contribution in [0.25, 0.3) is 0 Å². The van der Waals surface area contributed by atoms with Crippen LogP contribution in [0.3, 0.4) is 0 Å². The molecule has 0 atom stereocenters. The van der Waals surface area contributed by atoms with Crippen LogP contribution in [0.1, 0.15) is 5.56 Å². The summed E-state index contributed by atoms with van der Waals surface area (Å²) in [6.07, 6.45) is 0.977. The Hall–Kier alpha value is -2.84. The SMILES string of the molecule is CS(=O)(=O)N(CC(=O)Nc1ccc(CSc2ccccc2)cc1)c1cccc(F)c1. The number of carbonyl (C=O) groups is 1. The van der Waals surface area contributed by atoms with Gasteiger partial charge in [0.05, 0.1) is 11.9 Å². The number of anilines is 2. The molecule has 3 aromatic rings. The Bertz CT molecular complexity index is 1100. The molecule has 8 heteroatoms. The number of rotatable bonds is 8. The highest BCUT2D eigenvalue weighted by Gasteiger charge is 2.21. The first kappa shape index (κ1) is 21.9. The fourth-order valence-electron chi connectivity index (χ4n) is 2.73. The number of carbonyl (C=O) groups excluding carboxylic acids is 1. The van der Waals surface area contributed by atoms with Gasteiger partial charge >= 0.3 is 0 Å². The van der Waals surface area contributed by atoms with Crippen molar-refractivity contribution in [2.45, 2.75) is 10.6 Å². The number of nitrogens with zero attached hydrogens (tertiary/aromatic N) is 1. The van der Waals surface area contributed by atoms with Crippen molar-refractivity contribution in [3.63, 3.8) is 0 Å². The van der Waals surface area contributed by atoms with Crippen LogP contribution < -0.4 is 9.62 Å². The van der Waals surface area contributed by atoms with Gasteiger partial charge in [-0.1, -0.05) is 36.4 Å². The van der Waals surface area contributed by atoms with Crippen molar-refractivity contribution in [1.29, 1.82) is 0 Å². The van der Waals surface area contributed by atoms with Crippen molar-refractivity contribution in [2.24, 2.45) is 0 Å². The molecule has 0 spiro atoms. The van der Waals surface area contributed by atoms with E-state index in [0.717, 1.165) is 27.9 Å². The summed E-state index contributed by atoms with van der Waals surface area (Å²) in [7, 11) is -3.76. The first-order valence-electron chi connectivity index (χ1n) is 9.11. The molecule has 5 nitrogen and oxygen atoms in total. The summed E-state index contributed by atoms with van der Waals surface area (Å²) in [5.74, 6) is -0.304. The van der Waals surface area contributed by atoms with Gasteiger partial charge in [-0.05, 0) is 48.0 Å². The van der Waals surface area contributed by atoms with Gasteiger partial charge in [-0.2, -0.15) is 0 Å². The third-order valence-electron chi connectivity index (χ3n) is 4.17. The van der Waals surface area contributed by atoms with Crippen molar-refractivity contribution in [2.75, 3.05) is 22.4 Å². The average Bonchev–Trinajstić information content (AvgIpc) is 2.71. The number of sulfonamides is 1. The highest BCUT2D eigenvalue weighted by atomic mass is 32.2. The van der Waals surface area contributed by atoms with Crippen LogP contribution in [0.4, 0.5) is 15.8 Å². The van der Waals surface area contributed by atoms with Gasteiger partial charge in [-0.3, -0.25) is 9.10 Å². The second-order valence-electron chi connectivity index (χ2n) is 6.60. The molecule has 0 bridgehead atoms. The summed E-state index contributed by atoms with van der Waals surface area (Å²) in [6.45, 7) is -0.450. The van der Waals surface area contributed by atoms with Crippen LogP contribution in [0.15, 0.2) is 83.8 Å². The predicted octanol–water partition coefficient (Wildman–Crippen LogP) is 4.52. The Labute approximate surface area is 180 Å². The largest absolute Gasteiger partial charge is 0.325 e. The number of halogens is 1. The quantitative estimate of drug-likeness (QED) is 0.519. The lowest BCUT2D eigenvalue weighted by Gasteiger charge is -2.22. The third kappa shape index (κ3) is 6.33. The standard InChI is InChI=1S/C22H21FN2O3S2/c1-30(27,28)25(20-7-5-6-18(23)14-20)15-22(26)24-19-12-10-17(11-13-19)16-29-21-8-3-2-4-9-21/h2-14H,15-16H2,1H3,(H,24,26). The van der Waals surface area contributed by atoms with Crippen LogP contribution in [0, 0.1) is 5.82 Å².